The monoisotopic (exact) mass is 477 g/mol. The van der Waals surface area contributed by atoms with Gasteiger partial charge in [-0.05, 0) is 55.4 Å². The maximum Gasteiger partial charge on any atom is 0.296 e. The number of aliphatic hydroxyl groups excluding tert-OH is 1. The number of fused-ring (bicyclic) bond motifs is 2. The number of aromatic amines is 1. The van der Waals surface area contributed by atoms with Crippen molar-refractivity contribution in [3.05, 3.63) is 51.7 Å². The van der Waals surface area contributed by atoms with Gasteiger partial charge in [-0.2, -0.15) is 4.98 Å². The zero-order valence-corrected chi connectivity index (χ0v) is 18.3. The molecule has 1 aromatic carbocycles. The van der Waals surface area contributed by atoms with Crippen LogP contribution in [0.5, 0.6) is 6.01 Å². The Balaban J connectivity index is 1.18. The summed E-state index contributed by atoms with van der Waals surface area (Å²) in [6.45, 7) is 0.486. The summed E-state index contributed by atoms with van der Waals surface area (Å²) in [5, 5.41) is 10.2. The summed E-state index contributed by atoms with van der Waals surface area (Å²) < 4.78 is 46.0. The van der Waals surface area contributed by atoms with E-state index < -0.39 is 29.9 Å². The van der Waals surface area contributed by atoms with Gasteiger partial charge in [0.05, 0.1) is 29.4 Å². The number of pyridine rings is 1. The number of halogens is 3. The standard InChI is InChI=1S/C23H22ClF2N3O4/c24-13-7-17-22(29-23(28-17)33-19-9-32-20-18(30)8-31-21(19)20)27-16(13)4-3-12-14(25)5-11(6-15(12)26)10-1-2-10/h5-7,10,18-21,30H,1-4,8-9H2,(H,27,28,29)/t18-,19-,20-,21-/m1/s1. The Labute approximate surface area is 193 Å². The number of H-pyrrole nitrogens is 1. The average molecular weight is 478 g/mol. The molecule has 0 spiro atoms. The normalized spacial score (nSPS) is 26.8. The highest BCUT2D eigenvalue weighted by Crippen LogP contribution is 2.41. The van der Waals surface area contributed by atoms with Gasteiger partial charge in [0.2, 0.25) is 0 Å². The van der Waals surface area contributed by atoms with Gasteiger partial charge >= 0.3 is 0 Å². The number of aromatic nitrogens is 3. The molecule has 174 valence electrons. The van der Waals surface area contributed by atoms with Crippen LogP contribution in [-0.4, -0.2) is 57.7 Å². The van der Waals surface area contributed by atoms with Gasteiger partial charge in [0, 0.05) is 5.56 Å². The summed E-state index contributed by atoms with van der Waals surface area (Å²) in [4.78, 5) is 11.9. The van der Waals surface area contributed by atoms with Crippen molar-refractivity contribution in [2.45, 2.75) is 56.0 Å². The van der Waals surface area contributed by atoms with E-state index in [4.69, 9.17) is 25.8 Å². The smallest absolute Gasteiger partial charge is 0.296 e. The number of benzene rings is 1. The molecule has 4 atom stereocenters. The van der Waals surface area contributed by atoms with Crippen LogP contribution in [0.3, 0.4) is 0 Å². The van der Waals surface area contributed by atoms with Gasteiger partial charge in [-0.15, -0.1) is 0 Å². The number of rotatable bonds is 6. The molecule has 3 fully saturated rings. The number of hydrogen-bond donors (Lipinski definition) is 2. The van der Waals surface area contributed by atoms with Crippen LogP contribution in [0.4, 0.5) is 8.78 Å². The summed E-state index contributed by atoms with van der Waals surface area (Å²) >= 11 is 6.39. The van der Waals surface area contributed by atoms with E-state index in [1.165, 1.54) is 12.1 Å². The molecule has 1 saturated carbocycles. The Morgan fingerprint density at radius 1 is 1.06 bits per heavy atom. The number of nitrogens with one attached hydrogen (secondary N) is 1. The summed E-state index contributed by atoms with van der Waals surface area (Å²) in [6, 6.07) is 4.79. The van der Waals surface area contributed by atoms with Gasteiger partial charge < -0.3 is 24.3 Å². The molecule has 3 aromatic rings. The molecule has 0 radical (unpaired) electrons. The highest BCUT2D eigenvalue weighted by Gasteiger charge is 2.48. The molecular formula is C23H22ClF2N3O4. The number of aliphatic hydroxyl groups is 1. The molecule has 2 aromatic heterocycles. The van der Waals surface area contributed by atoms with Crippen molar-refractivity contribution in [2.24, 2.45) is 0 Å². The molecule has 0 unspecified atom stereocenters. The average Bonchev–Trinajstić information content (AvgIpc) is 3.30. The number of hydrogen-bond acceptors (Lipinski definition) is 6. The van der Waals surface area contributed by atoms with Gasteiger partial charge in [0.15, 0.2) is 11.8 Å². The van der Waals surface area contributed by atoms with E-state index in [2.05, 4.69) is 15.0 Å². The van der Waals surface area contributed by atoms with Crippen molar-refractivity contribution in [1.29, 1.82) is 0 Å². The van der Waals surface area contributed by atoms with Gasteiger partial charge in [-0.1, -0.05) is 11.6 Å². The number of imidazole rings is 1. The van der Waals surface area contributed by atoms with Crippen molar-refractivity contribution in [1.82, 2.24) is 15.0 Å². The minimum absolute atomic E-state index is 0.0398. The Kier molecular flexibility index (Phi) is 5.25. The minimum Gasteiger partial charge on any atom is -0.456 e. The van der Waals surface area contributed by atoms with E-state index in [0.29, 0.717) is 21.9 Å². The number of ether oxygens (including phenoxy) is 3. The highest BCUT2D eigenvalue weighted by molar-refractivity contribution is 6.31. The summed E-state index contributed by atoms with van der Waals surface area (Å²) in [5.74, 6) is -0.772. The molecule has 3 aliphatic rings. The van der Waals surface area contributed by atoms with E-state index in [1.807, 2.05) is 0 Å². The molecule has 4 heterocycles. The molecule has 33 heavy (non-hydrogen) atoms. The Bertz CT molecular complexity index is 1190. The Hall–Kier alpha value is -2.33. The molecule has 7 nitrogen and oxygen atoms in total. The van der Waals surface area contributed by atoms with Gasteiger partial charge in [0.25, 0.3) is 6.01 Å². The van der Waals surface area contributed by atoms with Crippen molar-refractivity contribution >= 4 is 22.8 Å². The fourth-order valence-corrected chi connectivity index (χ4v) is 4.86. The van der Waals surface area contributed by atoms with E-state index in [9.17, 15) is 13.9 Å². The molecule has 2 N–H and O–H groups in total. The molecule has 2 saturated heterocycles. The largest absolute Gasteiger partial charge is 0.456 e. The molecule has 0 bridgehead atoms. The van der Waals surface area contributed by atoms with Crippen LogP contribution in [0.2, 0.25) is 5.02 Å². The second-order valence-corrected chi connectivity index (χ2v) is 9.29. The predicted molar refractivity (Wildman–Crippen MR) is 115 cm³/mol. The lowest BCUT2D eigenvalue weighted by Gasteiger charge is -2.15. The van der Waals surface area contributed by atoms with Crippen molar-refractivity contribution in [3.8, 4) is 6.01 Å². The first-order valence-corrected chi connectivity index (χ1v) is 11.4. The summed E-state index contributed by atoms with van der Waals surface area (Å²) in [7, 11) is 0. The quantitative estimate of drug-likeness (QED) is 0.565. The maximum atomic E-state index is 14.5. The third kappa shape index (κ3) is 3.97. The molecule has 2 aliphatic heterocycles. The lowest BCUT2D eigenvalue weighted by atomic mass is 10.0. The van der Waals surface area contributed by atoms with Gasteiger partial charge in [-0.3, -0.25) is 0 Å². The van der Waals surface area contributed by atoms with Crippen LogP contribution in [0.15, 0.2) is 18.2 Å². The zero-order valence-electron chi connectivity index (χ0n) is 17.6. The van der Waals surface area contributed by atoms with Crippen LogP contribution in [-0.2, 0) is 22.3 Å². The van der Waals surface area contributed by atoms with E-state index in [1.54, 1.807) is 6.07 Å². The maximum absolute atomic E-state index is 14.5. The number of aryl methyl sites for hydroxylation is 1. The highest BCUT2D eigenvalue weighted by atomic mass is 35.5. The Morgan fingerprint density at radius 3 is 2.58 bits per heavy atom. The van der Waals surface area contributed by atoms with Crippen LogP contribution >= 0.6 is 11.6 Å². The van der Waals surface area contributed by atoms with Gasteiger partial charge in [0.1, 0.15) is 29.9 Å². The lowest BCUT2D eigenvalue weighted by Crippen LogP contribution is -2.34. The van der Waals surface area contributed by atoms with Crippen LogP contribution < -0.4 is 4.74 Å². The summed E-state index contributed by atoms with van der Waals surface area (Å²) in [5.41, 5.74) is 2.23. The van der Waals surface area contributed by atoms with Crippen molar-refractivity contribution in [2.75, 3.05) is 13.2 Å². The third-order valence-corrected chi connectivity index (χ3v) is 6.87. The van der Waals surface area contributed by atoms with Crippen LogP contribution in [0.25, 0.3) is 11.2 Å². The molecule has 10 heteroatoms. The fourth-order valence-electron chi connectivity index (χ4n) is 4.61. The van der Waals surface area contributed by atoms with E-state index >= 15 is 0 Å². The van der Waals surface area contributed by atoms with Gasteiger partial charge in [-0.25, -0.2) is 13.8 Å². The third-order valence-electron chi connectivity index (χ3n) is 6.55. The fraction of sp³-hybridized carbons (Fsp3) is 0.478. The first kappa shape index (κ1) is 21.2. The molecule has 6 rings (SSSR count). The Morgan fingerprint density at radius 2 is 1.82 bits per heavy atom. The van der Waals surface area contributed by atoms with E-state index in [0.717, 1.165) is 18.4 Å². The molecule has 0 amide bonds. The zero-order chi connectivity index (χ0) is 22.7. The summed E-state index contributed by atoms with van der Waals surface area (Å²) in [6.07, 6.45) is 0.522. The van der Waals surface area contributed by atoms with E-state index in [-0.39, 0.29) is 49.7 Å². The molecule has 1 aliphatic carbocycles. The first-order valence-electron chi connectivity index (χ1n) is 11.1. The predicted octanol–water partition coefficient (Wildman–Crippen LogP) is 3.46. The SMILES string of the molecule is O[C@@H]1CO[C@H]2[C@@H]1OC[C@H]2Oc1nc2nc(CCc3c(F)cc(C4CC4)cc3F)c(Cl)cc2[nH]1. The van der Waals surface area contributed by atoms with Crippen LogP contribution in [0.1, 0.15) is 35.6 Å². The topological polar surface area (TPSA) is 89.5 Å². The second-order valence-electron chi connectivity index (χ2n) is 8.89. The van der Waals surface area contributed by atoms with Crippen molar-refractivity contribution < 1.29 is 28.1 Å². The second kappa shape index (κ2) is 8.16. The molecular weight excluding hydrogens is 456 g/mol. The van der Waals surface area contributed by atoms with Crippen molar-refractivity contribution in [3.63, 3.8) is 0 Å². The minimum atomic E-state index is -0.665. The lowest BCUT2D eigenvalue weighted by molar-refractivity contribution is 0.00706. The van der Waals surface area contributed by atoms with Crippen LogP contribution in [0, 0.1) is 11.6 Å². The first-order chi connectivity index (χ1) is 16.0. The number of nitrogens with zero attached hydrogens (tertiary/aromatic N) is 2.